The standard InChI is InChI=1S/C7H12BF3N.K/c1-3-5-12(6-4-2)7-8(9,10)11;/h3-4H,1-2,5-7H2;/q-1;+1. The molecule has 0 aromatic carbocycles. The van der Waals surface area contributed by atoms with Gasteiger partial charge in [-0.25, -0.2) is 0 Å². The minimum Gasteiger partial charge on any atom is -0.448 e. The van der Waals surface area contributed by atoms with Crippen molar-refractivity contribution in [2.24, 2.45) is 0 Å². The van der Waals surface area contributed by atoms with Crippen molar-refractivity contribution in [3.63, 3.8) is 0 Å². The summed E-state index contributed by atoms with van der Waals surface area (Å²) in [6, 6.07) is 0. The van der Waals surface area contributed by atoms with E-state index in [9.17, 15) is 12.9 Å². The van der Waals surface area contributed by atoms with E-state index < -0.39 is 13.4 Å². The van der Waals surface area contributed by atoms with Gasteiger partial charge in [0.15, 0.2) is 0 Å². The maximum absolute atomic E-state index is 11.9. The molecule has 1 nitrogen and oxygen atoms in total. The first-order valence-electron chi connectivity index (χ1n) is 3.64. The largest absolute Gasteiger partial charge is 1.00 e. The average Bonchev–Trinajstić information content (AvgIpc) is 1.84. The molecule has 0 rings (SSSR count). The van der Waals surface area contributed by atoms with Crippen LogP contribution in [0.25, 0.3) is 0 Å². The molecule has 0 bridgehead atoms. The number of hydrogen-bond donors (Lipinski definition) is 0. The van der Waals surface area contributed by atoms with Crippen LogP contribution in [-0.4, -0.2) is 31.4 Å². The Balaban J connectivity index is 0. The van der Waals surface area contributed by atoms with Crippen LogP contribution in [0.4, 0.5) is 12.9 Å². The Bertz CT molecular complexity index is 150. The van der Waals surface area contributed by atoms with Crippen molar-refractivity contribution < 1.29 is 64.3 Å². The van der Waals surface area contributed by atoms with Crippen LogP contribution in [0.1, 0.15) is 0 Å². The summed E-state index contributed by atoms with van der Waals surface area (Å²) in [7, 11) is 0. The number of nitrogens with zero attached hydrogens (tertiary/aromatic N) is 1. The fraction of sp³-hybridized carbons (Fsp3) is 0.429. The van der Waals surface area contributed by atoms with Crippen molar-refractivity contribution in [3.05, 3.63) is 25.3 Å². The van der Waals surface area contributed by atoms with Crippen LogP contribution in [0, 0.1) is 0 Å². The topological polar surface area (TPSA) is 3.24 Å². The summed E-state index contributed by atoms with van der Waals surface area (Å²) in [5.41, 5.74) is 0. The van der Waals surface area contributed by atoms with Gasteiger partial charge in [0, 0.05) is 13.1 Å². The van der Waals surface area contributed by atoms with E-state index in [1.54, 1.807) is 0 Å². The quantitative estimate of drug-likeness (QED) is 0.409. The molecular formula is C7H12BF3KN. The summed E-state index contributed by atoms with van der Waals surface area (Å²) in [5.74, 6) is 0. The predicted molar refractivity (Wildman–Crippen MR) is 45.9 cm³/mol. The Hall–Kier alpha value is 0.931. The summed E-state index contributed by atoms with van der Waals surface area (Å²) in [4.78, 5) is 1.24. The molecule has 0 aromatic heterocycles. The fourth-order valence-corrected chi connectivity index (χ4v) is 0.882. The molecule has 0 aromatic rings. The van der Waals surface area contributed by atoms with Crippen LogP contribution >= 0.6 is 0 Å². The van der Waals surface area contributed by atoms with Gasteiger partial charge in [0.25, 0.3) is 0 Å². The van der Waals surface area contributed by atoms with Gasteiger partial charge < -0.3 is 17.8 Å². The molecule has 0 fully saturated rings. The molecule has 0 radical (unpaired) electrons. The first-order valence-corrected chi connectivity index (χ1v) is 3.64. The van der Waals surface area contributed by atoms with Gasteiger partial charge in [-0.2, -0.15) is 0 Å². The Morgan fingerprint density at radius 3 is 1.69 bits per heavy atom. The third kappa shape index (κ3) is 10.9. The van der Waals surface area contributed by atoms with Gasteiger partial charge >= 0.3 is 58.4 Å². The molecule has 6 heteroatoms. The van der Waals surface area contributed by atoms with Gasteiger partial charge in [-0.1, -0.05) is 12.2 Å². The van der Waals surface area contributed by atoms with Gasteiger partial charge in [-0.3, -0.25) is 0 Å². The molecule has 0 saturated carbocycles. The molecule has 0 amide bonds. The minimum absolute atomic E-state index is 0. The van der Waals surface area contributed by atoms with Crippen LogP contribution in [0.5, 0.6) is 0 Å². The molecule has 0 spiro atoms. The number of rotatable bonds is 6. The first kappa shape index (κ1) is 16.4. The van der Waals surface area contributed by atoms with Crippen LogP contribution in [-0.2, 0) is 0 Å². The monoisotopic (exact) mass is 217 g/mol. The maximum Gasteiger partial charge on any atom is 1.00 e. The van der Waals surface area contributed by atoms with Gasteiger partial charge in [-0.15, -0.1) is 13.2 Å². The van der Waals surface area contributed by atoms with Crippen LogP contribution in [0.15, 0.2) is 25.3 Å². The summed E-state index contributed by atoms with van der Waals surface area (Å²) >= 11 is 0. The SMILES string of the molecule is C=CCN(CC=C)C[B-](F)(F)F.[K+]. The van der Waals surface area contributed by atoms with Crippen molar-refractivity contribution in [1.29, 1.82) is 0 Å². The smallest absolute Gasteiger partial charge is 0.448 e. The number of halogens is 3. The second-order valence-electron chi connectivity index (χ2n) is 2.51. The van der Waals surface area contributed by atoms with Gasteiger partial charge in [-0.05, 0) is 6.44 Å². The summed E-state index contributed by atoms with van der Waals surface area (Å²) in [5, 5.41) is 0. The molecule has 70 valence electrons. The Kier molecular flexibility index (Phi) is 10.4. The van der Waals surface area contributed by atoms with Crippen LogP contribution in [0.3, 0.4) is 0 Å². The Labute approximate surface area is 120 Å². The second-order valence-corrected chi connectivity index (χ2v) is 2.51. The fourth-order valence-electron chi connectivity index (χ4n) is 0.882. The molecule has 0 atom stereocenters. The molecule has 0 aliphatic rings. The van der Waals surface area contributed by atoms with E-state index in [0.29, 0.717) is 0 Å². The number of hydrogen-bond acceptors (Lipinski definition) is 1. The molecule has 0 aliphatic carbocycles. The van der Waals surface area contributed by atoms with E-state index in [4.69, 9.17) is 0 Å². The van der Waals surface area contributed by atoms with Gasteiger partial charge in [0.1, 0.15) is 0 Å². The molecule has 13 heavy (non-hydrogen) atoms. The minimum atomic E-state index is -4.74. The first-order chi connectivity index (χ1) is 5.49. The zero-order valence-electron chi connectivity index (χ0n) is 7.85. The van der Waals surface area contributed by atoms with E-state index in [0.717, 1.165) is 0 Å². The van der Waals surface area contributed by atoms with Crippen molar-refractivity contribution in [3.8, 4) is 0 Å². The predicted octanol–water partition coefficient (Wildman–Crippen LogP) is -0.949. The molecular weight excluding hydrogens is 205 g/mol. The van der Waals surface area contributed by atoms with E-state index >= 15 is 0 Å². The molecule has 0 heterocycles. The summed E-state index contributed by atoms with van der Waals surface area (Å²) in [6.07, 6.45) is 2.05. The van der Waals surface area contributed by atoms with Crippen molar-refractivity contribution in [2.45, 2.75) is 0 Å². The van der Waals surface area contributed by atoms with E-state index in [1.165, 1.54) is 17.1 Å². The summed E-state index contributed by atoms with van der Waals surface area (Å²) in [6.45, 7) is 2.50. The second kappa shape index (κ2) is 8.26. The zero-order valence-corrected chi connectivity index (χ0v) is 11.0. The third-order valence-corrected chi connectivity index (χ3v) is 1.24. The van der Waals surface area contributed by atoms with Crippen LogP contribution < -0.4 is 51.4 Å². The van der Waals surface area contributed by atoms with Crippen molar-refractivity contribution >= 4 is 6.98 Å². The molecule has 0 unspecified atom stereocenters. The van der Waals surface area contributed by atoms with Gasteiger partial charge in [0.05, 0.1) is 0 Å². The maximum atomic E-state index is 11.9. The third-order valence-electron chi connectivity index (χ3n) is 1.24. The van der Waals surface area contributed by atoms with Gasteiger partial charge in [0.2, 0.25) is 0 Å². The van der Waals surface area contributed by atoms with Crippen molar-refractivity contribution in [1.82, 2.24) is 4.90 Å². The van der Waals surface area contributed by atoms with E-state index in [2.05, 4.69) is 13.2 Å². The Morgan fingerprint density at radius 2 is 1.46 bits per heavy atom. The molecule has 0 aliphatic heterocycles. The normalized spacial score (nSPS) is 10.8. The average molecular weight is 217 g/mol. The van der Waals surface area contributed by atoms with Crippen molar-refractivity contribution in [2.75, 3.05) is 19.5 Å². The van der Waals surface area contributed by atoms with Crippen LogP contribution in [0.2, 0.25) is 0 Å². The van der Waals surface area contributed by atoms with E-state index in [1.807, 2.05) is 0 Å². The zero-order chi connectivity index (χ0) is 9.61. The molecule has 0 saturated heterocycles. The van der Waals surface area contributed by atoms with E-state index in [-0.39, 0.29) is 64.5 Å². The Morgan fingerprint density at radius 1 is 1.08 bits per heavy atom. The summed E-state index contributed by atoms with van der Waals surface area (Å²) < 4.78 is 35.7. The molecule has 0 N–H and O–H groups in total.